The maximum absolute atomic E-state index is 12.5. The Morgan fingerprint density at radius 2 is 2.38 bits per heavy atom. The first kappa shape index (κ1) is 14.1. The van der Waals surface area contributed by atoms with Crippen molar-refractivity contribution >= 4 is 23.3 Å². The van der Waals surface area contributed by atoms with Crippen molar-refractivity contribution < 1.29 is 4.79 Å². The lowest BCUT2D eigenvalue weighted by Gasteiger charge is -2.34. The highest BCUT2D eigenvalue weighted by molar-refractivity contribution is 7.10. The topological polar surface area (TPSA) is 38.1 Å². The molecule has 1 saturated heterocycles. The smallest absolute Gasteiger partial charge is 0.247 e. The molecule has 0 bridgehead atoms. The van der Waals surface area contributed by atoms with Crippen molar-refractivity contribution in [1.82, 2.24) is 14.7 Å². The molecule has 1 atom stereocenters. The summed E-state index contributed by atoms with van der Waals surface area (Å²) >= 11 is 1.64. The third-order valence-electron chi connectivity index (χ3n) is 3.83. The number of thiophene rings is 1. The molecule has 0 aromatic carbocycles. The second-order valence-electron chi connectivity index (χ2n) is 5.34. The fourth-order valence-corrected chi connectivity index (χ4v) is 3.41. The summed E-state index contributed by atoms with van der Waals surface area (Å²) in [6.45, 7) is 0.827. The van der Waals surface area contributed by atoms with Crippen molar-refractivity contribution in [3.05, 3.63) is 46.4 Å². The molecule has 3 heterocycles. The molecule has 2 aromatic rings. The Morgan fingerprint density at radius 3 is 3.10 bits per heavy atom. The molecule has 2 aromatic heterocycles. The number of likely N-dealkylation sites (tertiary alicyclic amines) is 1. The van der Waals surface area contributed by atoms with E-state index in [0.717, 1.165) is 36.2 Å². The first-order chi connectivity index (χ1) is 10.2. The number of aryl methyl sites for hydroxylation is 1. The maximum Gasteiger partial charge on any atom is 0.247 e. The Labute approximate surface area is 128 Å². The SMILES string of the molecule is Cn1cc([C@H]2CCCCN2C(=O)/C=C/c2cccs2)cn1. The van der Waals surface area contributed by atoms with Gasteiger partial charge in [0.15, 0.2) is 0 Å². The number of amides is 1. The van der Waals surface area contributed by atoms with Gasteiger partial charge in [0.05, 0.1) is 12.2 Å². The van der Waals surface area contributed by atoms with E-state index in [1.54, 1.807) is 22.1 Å². The first-order valence-corrected chi connectivity index (χ1v) is 8.13. The Balaban J connectivity index is 1.76. The number of aromatic nitrogens is 2. The van der Waals surface area contributed by atoms with Gasteiger partial charge in [0, 0.05) is 36.3 Å². The lowest BCUT2D eigenvalue weighted by molar-refractivity contribution is -0.129. The summed E-state index contributed by atoms with van der Waals surface area (Å²) in [6, 6.07) is 4.17. The summed E-state index contributed by atoms with van der Waals surface area (Å²) in [7, 11) is 1.91. The second-order valence-corrected chi connectivity index (χ2v) is 6.32. The molecule has 0 saturated carbocycles. The van der Waals surface area contributed by atoms with Crippen molar-refractivity contribution in [2.45, 2.75) is 25.3 Å². The van der Waals surface area contributed by atoms with Crippen LogP contribution < -0.4 is 0 Å². The van der Waals surface area contributed by atoms with Gasteiger partial charge in [0.1, 0.15) is 0 Å². The highest BCUT2D eigenvalue weighted by Crippen LogP contribution is 2.30. The van der Waals surface area contributed by atoms with Gasteiger partial charge < -0.3 is 4.90 Å². The molecular formula is C16H19N3OS. The summed E-state index contributed by atoms with van der Waals surface area (Å²) < 4.78 is 1.80. The second kappa shape index (κ2) is 6.26. The van der Waals surface area contributed by atoms with Crippen LogP contribution in [0.15, 0.2) is 36.0 Å². The Morgan fingerprint density at radius 1 is 1.48 bits per heavy atom. The zero-order valence-corrected chi connectivity index (χ0v) is 12.9. The molecule has 3 rings (SSSR count). The summed E-state index contributed by atoms with van der Waals surface area (Å²) in [6.07, 6.45) is 10.7. The van der Waals surface area contributed by atoms with Crippen molar-refractivity contribution in [2.75, 3.05) is 6.54 Å². The number of hydrogen-bond acceptors (Lipinski definition) is 3. The van der Waals surface area contributed by atoms with Crippen LogP contribution in [-0.4, -0.2) is 27.1 Å². The van der Waals surface area contributed by atoms with E-state index in [0.29, 0.717) is 0 Å². The summed E-state index contributed by atoms with van der Waals surface area (Å²) in [4.78, 5) is 15.6. The monoisotopic (exact) mass is 301 g/mol. The summed E-state index contributed by atoms with van der Waals surface area (Å²) in [5.41, 5.74) is 1.13. The molecule has 1 aliphatic heterocycles. The Hall–Kier alpha value is -1.88. The third kappa shape index (κ3) is 3.24. The molecule has 1 aliphatic rings. The number of rotatable bonds is 3. The van der Waals surface area contributed by atoms with Gasteiger partial charge in [-0.05, 0) is 36.8 Å². The predicted molar refractivity (Wildman–Crippen MR) is 84.9 cm³/mol. The minimum atomic E-state index is 0.0944. The van der Waals surface area contributed by atoms with Gasteiger partial charge in [0.25, 0.3) is 0 Å². The molecule has 0 N–H and O–H groups in total. The van der Waals surface area contributed by atoms with Crippen molar-refractivity contribution in [3.8, 4) is 0 Å². The minimum Gasteiger partial charge on any atom is -0.332 e. The van der Waals surface area contributed by atoms with Crippen molar-refractivity contribution in [3.63, 3.8) is 0 Å². The number of nitrogens with zero attached hydrogens (tertiary/aromatic N) is 3. The van der Waals surface area contributed by atoms with Crippen molar-refractivity contribution in [1.29, 1.82) is 0 Å². The van der Waals surface area contributed by atoms with Gasteiger partial charge in [-0.3, -0.25) is 9.48 Å². The normalized spacial score (nSPS) is 19.3. The molecule has 110 valence electrons. The maximum atomic E-state index is 12.5. The predicted octanol–water partition coefficient (Wildman–Crippen LogP) is 3.25. The van der Waals surface area contributed by atoms with Gasteiger partial charge in [-0.25, -0.2) is 0 Å². The minimum absolute atomic E-state index is 0.0944. The molecule has 21 heavy (non-hydrogen) atoms. The average molecular weight is 301 g/mol. The lowest BCUT2D eigenvalue weighted by Crippen LogP contribution is -2.37. The van der Waals surface area contributed by atoms with E-state index in [9.17, 15) is 4.79 Å². The van der Waals surface area contributed by atoms with E-state index in [4.69, 9.17) is 0 Å². The van der Waals surface area contributed by atoms with E-state index >= 15 is 0 Å². The molecule has 0 spiro atoms. The van der Waals surface area contributed by atoms with Crippen LogP contribution in [0.3, 0.4) is 0 Å². The fraction of sp³-hybridized carbons (Fsp3) is 0.375. The van der Waals surface area contributed by atoms with Crippen LogP contribution in [-0.2, 0) is 11.8 Å². The standard InChI is InChI=1S/C16H19N3OS/c1-18-12-13(11-17-18)15-6-2-3-9-19(15)16(20)8-7-14-5-4-10-21-14/h4-5,7-8,10-12,15H,2-3,6,9H2,1H3/b8-7+/t15-/m1/s1. The highest BCUT2D eigenvalue weighted by Gasteiger charge is 2.27. The average Bonchev–Trinajstić information content (AvgIpc) is 3.16. The molecule has 1 amide bonds. The lowest BCUT2D eigenvalue weighted by atomic mass is 9.97. The van der Waals surface area contributed by atoms with Gasteiger partial charge in [-0.2, -0.15) is 5.10 Å². The first-order valence-electron chi connectivity index (χ1n) is 7.25. The quantitative estimate of drug-likeness (QED) is 0.816. The molecule has 1 fully saturated rings. The number of piperidine rings is 1. The van der Waals surface area contributed by atoms with E-state index < -0.39 is 0 Å². The Kier molecular flexibility index (Phi) is 4.20. The summed E-state index contributed by atoms with van der Waals surface area (Å²) in [5, 5.41) is 6.25. The van der Waals surface area contributed by atoms with Gasteiger partial charge >= 0.3 is 0 Å². The van der Waals surface area contributed by atoms with Gasteiger partial charge in [0.2, 0.25) is 5.91 Å². The molecule has 0 aliphatic carbocycles. The van der Waals surface area contributed by atoms with Gasteiger partial charge in [-0.1, -0.05) is 6.07 Å². The zero-order valence-electron chi connectivity index (χ0n) is 12.1. The third-order valence-corrected chi connectivity index (χ3v) is 4.67. The van der Waals surface area contributed by atoms with Crippen LogP contribution in [0.1, 0.15) is 35.7 Å². The highest BCUT2D eigenvalue weighted by atomic mass is 32.1. The van der Waals surface area contributed by atoms with Crippen LogP contribution in [0.4, 0.5) is 0 Å². The van der Waals surface area contributed by atoms with Crippen LogP contribution in [0, 0.1) is 0 Å². The summed E-state index contributed by atoms with van der Waals surface area (Å²) in [5.74, 6) is 0.0944. The molecular weight excluding hydrogens is 282 g/mol. The van der Waals surface area contributed by atoms with E-state index in [1.165, 1.54) is 0 Å². The molecule has 4 nitrogen and oxygen atoms in total. The largest absolute Gasteiger partial charge is 0.332 e. The number of carbonyl (C=O) groups is 1. The number of hydrogen-bond donors (Lipinski definition) is 0. The van der Waals surface area contributed by atoms with Crippen LogP contribution in [0.25, 0.3) is 6.08 Å². The fourth-order valence-electron chi connectivity index (χ4n) is 2.79. The molecule has 0 unspecified atom stereocenters. The molecule has 5 heteroatoms. The number of carbonyl (C=O) groups excluding carboxylic acids is 1. The zero-order chi connectivity index (χ0) is 14.7. The molecule has 0 radical (unpaired) electrons. The van der Waals surface area contributed by atoms with Crippen LogP contribution in [0.2, 0.25) is 0 Å². The van der Waals surface area contributed by atoms with E-state index in [2.05, 4.69) is 5.10 Å². The Bertz CT molecular complexity index is 630. The van der Waals surface area contributed by atoms with Crippen molar-refractivity contribution in [2.24, 2.45) is 7.05 Å². The van der Waals surface area contributed by atoms with E-state index in [1.807, 2.05) is 47.9 Å². The van der Waals surface area contributed by atoms with E-state index in [-0.39, 0.29) is 11.9 Å². The van der Waals surface area contributed by atoms with Crippen LogP contribution in [0.5, 0.6) is 0 Å². The van der Waals surface area contributed by atoms with Gasteiger partial charge in [-0.15, -0.1) is 11.3 Å². The van der Waals surface area contributed by atoms with Crippen LogP contribution >= 0.6 is 11.3 Å².